The van der Waals surface area contributed by atoms with Gasteiger partial charge in [-0.3, -0.25) is 4.79 Å². The van der Waals surface area contributed by atoms with Gasteiger partial charge in [-0.2, -0.15) is 0 Å². The van der Waals surface area contributed by atoms with E-state index in [1.165, 1.54) is 0 Å². The largest absolute Gasteiger partial charge is 0.481 e. The minimum atomic E-state index is -0.788. The molecule has 0 fully saturated rings. The first-order valence-corrected chi connectivity index (χ1v) is 3.76. The summed E-state index contributed by atoms with van der Waals surface area (Å²) in [6.07, 6.45) is 4.17. The van der Waals surface area contributed by atoms with Gasteiger partial charge in [0.25, 0.3) is 0 Å². The van der Waals surface area contributed by atoms with E-state index in [-0.39, 0.29) is 6.42 Å². The predicted octanol–water partition coefficient (Wildman–Crippen LogP) is 2.54. The Kier molecular flexibility index (Phi) is 4.77. The number of carbonyl (C=O) groups is 1. The molecule has 2 nitrogen and oxygen atoms in total. The number of carboxylic acid groups (broad SMARTS) is 1. The summed E-state index contributed by atoms with van der Waals surface area (Å²) in [6, 6.07) is 0. The lowest BCUT2D eigenvalue weighted by Gasteiger charge is -1.98. The zero-order valence-corrected chi connectivity index (χ0v) is 7.34. The smallest absolute Gasteiger partial charge is 0.303 e. The average molecular weight is 166 g/mol. The highest BCUT2D eigenvalue weighted by Crippen LogP contribution is 2.08. The highest BCUT2D eigenvalue weighted by atomic mass is 16.4. The van der Waals surface area contributed by atoms with Crippen LogP contribution in [0.15, 0.2) is 36.5 Å². The third-order valence-electron chi connectivity index (χ3n) is 1.32. The normalized spacial score (nSPS) is 10.9. The molecule has 0 atom stereocenters. The van der Waals surface area contributed by atoms with Crippen LogP contribution < -0.4 is 0 Å². The van der Waals surface area contributed by atoms with Gasteiger partial charge in [-0.25, -0.2) is 0 Å². The Balaban J connectivity index is 4.09. The molecule has 0 heterocycles. The summed E-state index contributed by atoms with van der Waals surface area (Å²) in [5, 5.41) is 8.41. The van der Waals surface area contributed by atoms with E-state index in [9.17, 15) is 4.79 Å². The maximum atomic E-state index is 10.2. The molecular formula is C10H14O2. The molecule has 0 spiro atoms. The lowest BCUT2D eigenvalue weighted by atomic mass is 10.1. The minimum absolute atomic E-state index is 0.144. The number of aliphatic carboxylic acids is 1. The molecule has 0 aliphatic carbocycles. The van der Waals surface area contributed by atoms with Crippen molar-refractivity contribution in [2.24, 2.45) is 0 Å². The molecule has 0 rings (SSSR count). The van der Waals surface area contributed by atoms with Crippen molar-refractivity contribution in [1.82, 2.24) is 0 Å². The van der Waals surface area contributed by atoms with Crippen LogP contribution in [0.4, 0.5) is 0 Å². The molecular weight excluding hydrogens is 152 g/mol. The van der Waals surface area contributed by atoms with E-state index in [2.05, 4.69) is 13.2 Å². The Morgan fingerprint density at radius 1 is 1.50 bits per heavy atom. The molecule has 0 aromatic carbocycles. The van der Waals surface area contributed by atoms with Gasteiger partial charge in [0.1, 0.15) is 0 Å². The summed E-state index contributed by atoms with van der Waals surface area (Å²) in [5.74, 6) is -0.788. The van der Waals surface area contributed by atoms with Crippen LogP contribution in [0.25, 0.3) is 0 Å². The molecule has 0 bridgehead atoms. The van der Waals surface area contributed by atoms with Crippen molar-refractivity contribution < 1.29 is 9.90 Å². The first-order chi connectivity index (χ1) is 5.56. The van der Waals surface area contributed by atoms with Gasteiger partial charge < -0.3 is 5.11 Å². The average Bonchev–Trinajstić information content (AvgIpc) is 1.97. The maximum absolute atomic E-state index is 10.2. The van der Waals surface area contributed by atoms with Gasteiger partial charge in [0, 0.05) is 6.42 Å². The van der Waals surface area contributed by atoms with Crippen molar-refractivity contribution in [2.75, 3.05) is 0 Å². The Morgan fingerprint density at radius 2 is 2.08 bits per heavy atom. The topological polar surface area (TPSA) is 37.3 Å². The summed E-state index contributed by atoms with van der Waals surface area (Å²) in [7, 11) is 0. The summed E-state index contributed by atoms with van der Waals surface area (Å²) >= 11 is 0. The lowest BCUT2D eigenvalue weighted by molar-refractivity contribution is -0.136. The number of hydrogen-bond acceptors (Lipinski definition) is 1. The second kappa shape index (κ2) is 5.35. The quantitative estimate of drug-likeness (QED) is 0.637. The van der Waals surface area contributed by atoms with Crippen molar-refractivity contribution >= 4 is 5.97 Å². The molecule has 66 valence electrons. The first kappa shape index (κ1) is 10.7. The van der Waals surface area contributed by atoms with E-state index in [4.69, 9.17) is 5.11 Å². The van der Waals surface area contributed by atoms with Crippen molar-refractivity contribution in [3.8, 4) is 0 Å². The molecule has 0 unspecified atom stereocenters. The number of carboxylic acids is 1. The van der Waals surface area contributed by atoms with Gasteiger partial charge in [-0.05, 0) is 18.9 Å². The minimum Gasteiger partial charge on any atom is -0.481 e. The fourth-order valence-electron chi connectivity index (χ4n) is 0.801. The van der Waals surface area contributed by atoms with Gasteiger partial charge in [-0.15, -0.1) is 0 Å². The summed E-state index contributed by atoms with van der Waals surface area (Å²) in [6.45, 7) is 9.15. The molecule has 2 heteroatoms. The summed E-state index contributed by atoms with van der Waals surface area (Å²) in [4.78, 5) is 10.2. The van der Waals surface area contributed by atoms with Crippen LogP contribution in [-0.2, 0) is 4.79 Å². The van der Waals surface area contributed by atoms with Gasteiger partial charge in [0.05, 0.1) is 0 Å². The van der Waals surface area contributed by atoms with Crippen molar-refractivity contribution in [3.05, 3.63) is 36.5 Å². The molecule has 0 aliphatic rings. The van der Waals surface area contributed by atoms with E-state index < -0.39 is 5.97 Å². The third kappa shape index (κ3) is 5.47. The maximum Gasteiger partial charge on any atom is 0.303 e. The summed E-state index contributed by atoms with van der Waals surface area (Å²) < 4.78 is 0. The predicted molar refractivity (Wildman–Crippen MR) is 50.0 cm³/mol. The number of hydrogen-bond donors (Lipinski definition) is 1. The SMILES string of the molecule is C=CC(=CC(=C)C)CCC(=O)O. The number of rotatable bonds is 5. The highest BCUT2D eigenvalue weighted by molar-refractivity contribution is 5.67. The van der Waals surface area contributed by atoms with Crippen molar-refractivity contribution in [3.63, 3.8) is 0 Å². The van der Waals surface area contributed by atoms with Crippen molar-refractivity contribution in [2.45, 2.75) is 19.8 Å². The molecule has 0 amide bonds. The second-order valence-corrected chi connectivity index (χ2v) is 2.66. The van der Waals surface area contributed by atoms with Crippen LogP contribution in [0.1, 0.15) is 19.8 Å². The molecule has 0 aliphatic heterocycles. The highest BCUT2D eigenvalue weighted by Gasteiger charge is 1.98. The van der Waals surface area contributed by atoms with Crippen LogP contribution in [0.3, 0.4) is 0 Å². The second-order valence-electron chi connectivity index (χ2n) is 2.66. The Hall–Kier alpha value is -1.31. The molecule has 0 saturated carbocycles. The van der Waals surface area contributed by atoms with Crippen LogP contribution >= 0.6 is 0 Å². The van der Waals surface area contributed by atoms with Gasteiger partial charge in [0.15, 0.2) is 0 Å². The van der Waals surface area contributed by atoms with E-state index in [1.54, 1.807) is 6.08 Å². The van der Waals surface area contributed by atoms with Gasteiger partial charge in [-0.1, -0.05) is 30.9 Å². The molecule has 1 N–H and O–H groups in total. The van der Waals surface area contributed by atoms with E-state index >= 15 is 0 Å². The van der Waals surface area contributed by atoms with Crippen LogP contribution in [0.2, 0.25) is 0 Å². The fourth-order valence-corrected chi connectivity index (χ4v) is 0.801. The van der Waals surface area contributed by atoms with Crippen LogP contribution in [-0.4, -0.2) is 11.1 Å². The molecule has 0 radical (unpaired) electrons. The van der Waals surface area contributed by atoms with Gasteiger partial charge >= 0.3 is 5.97 Å². The zero-order valence-electron chi connectivity index (χ0n) is 7.34. The Morgan fingerprint density at radius 3 is 2.42 bits per heavy atom. The fraction of sp³-hybridized carbons (Fsp3) is 0.300. The molecule has 0 aromatic heterocycles. The zero-order chi connectivity index (χ0) is 9.56. The van der Waals surface area contributed by atoms with Crippen LogP contribution in [0.5, 0.6) is 0 Å². The van der Waals surface area contributed by atoms with E-state index in [0.29, 0.717) is 6.42 Å². The van der Waals surface area contributed by atoms with E-state index in [0.717, 1.165) is 11.1 Å². The standard InChI is InChI=1S/C10H14O2/c1-4-9(7-8(2)3)5-6-10(11)12/h4,7H,1-2,5-6H2,3H3,(H,11,12). The lowest BCUT2D eigenvalue weighted by Crippen LogP contribution is -1.94. The van der Waals surface area contributed by atoms with Gasteiger partial charge in [0.2, 0.25) is 0 Å². The molecule has 0 saturated heterocycles. The van der Waals surface area contributed by atoms with Crippen LogP contribution in [0, 0.1) is 0 Å². The molecule has 0 aromatic rings. The summed E-state index contributed by atoms with van der Waals surface area (Å²) in [5.41, 5.74) is 1.83. The van der Waals surface area contributed by atoms with E-state index in [1.807, 2.05) is 13.0 Å². The monoisotopic (exact) mass is 166 g/mol. The first-order valence-electron chi connectivity index (χ1n) is 3.76. The molecule has 12 heavy (non-hydrogen) atoms. The Labute approximate surface area is 72.9 Å². The Bertz CT molecular complexity index is 224. The number of allylic oxidation sites excluding steroid dienone is 4. The third-order valence-corrected chi connectivity index (χ3v) is 1.32. The van der Waals surface area contributed by atoms with Crippen molar-refractivity contribution in [1.29, 1.82) is 0 Å².